The molecule has 1 fully saturated rings. The molecule has 0 spiro atoms. The molecule has 1 atom stereocenters. The lowest BCUT2D eigenvalue weighted by Gasteiger charge is -2.19. The number of ether oxygens (including phenoxy) is 2. The van der Waals surface area contributed by atoms with Gasteiger partial charge in [-0.3, -0.25) is 4.79 Å². The predicted octanol–water partition coefficient (Wildman–Crippen LogP) is 4.67. The topological polar surface area (TPSA) is 71.6 Å². The zero-order chi connectivity index (χ0) is 22.2. The Bertz CT molecular complexity index is 1030. The molecule has 6 nitrogen and oxygen atoms in total. The van der Waals surface area contributed by atoms with Crippen molar-refractivity contribution >= 4 is 28.5 Å². The van der Waals surface area contributed by atoms with Crippen molar-refractivity contribution in [1.82, 2.24) is 0 Å². The highest BCUT2D eigenvalue weighted by molar-refractivity contribution is 6.31. The molecule has 4 rings (SSSR count). The van der Waals surface area contributed by atoms with E-state index in [9.17, 15) is 18.0 Å². The molecule has 0 aromatic heterocycles. The zero-order valence-electron chi connectivity index (χ0n) is 17.0. The second kappa shape index (κ2) is 7.90. The van der Waals surface area contributed by atoms with Gasteiger partial charge in [0, 0.05) is 35.4 Å². The van der Waals surface area contributed by atoms with Gasteiger partial charge in [-0.1, -0.05) is 18.2 Å². The van der Waals surface area contributed by atoms with Crippen LogP contribution in [0.15, 0.2) is 48.7 Å². The molecule has 2 aliphatic rings. The fraction of sp³-hybridized carbons (Fsp3) is 0.318. The summed E-state index contributed by atoms with van der Waals surface area (Å²) >= 11 is 0. The summed E-state index contributed by atoms with van der Waals surface area (Å²) in [6.07, 6.45) is -3.49. The molecular weight excluding hydrogens is 411 g/mol. The lowest BCUT2D eigenvalue weighted by atomic mass is 10.1. The molecule has 0 radical (unpaired) electrons. The lowest BCUT2D eigenvalue weighted by Crippen LogP contribution is -2.26. The third-order valence-electron chi connectivity index (χ3n) is 5.01. The molecular formula is C22H22F3N3O3. The average molecular weight is 433 g/mol. The molecule has 2 aliphatic heterocycles. The van der Waals surface area contributed by atoms with Crippen LogP contribution in [0, 0.1) is 0 Å². The molecule has 1 amide bonds. The van der Waals surface area contributed by atoms with Crippen LogP contribution in [0.25, 0.3) is 5.57 Å². The molecule has 2 aromatic rings. The Kier molecular flexibility index (Phi) is 5.40. The smallest absolute Gasteiger partial charge is 0.382 e. The summed E-state index contributed by atoms with van der Waals surface area (Å²) in [6.45, 7) is 4.00. The highest BCUT2D eigenvalue weighted by atomic mass is 19.4. The number of halogens is 3. The van der Waals surface area contributed by atoms with E-state index in [0.717, 1.165) is 6.07 Å². The molecule has 2 heterocycles. The van der Waals surface area contributed by atoms with Crippen LogP contribution in [0.1, 0.15) is 25.0 Å². The first-order valence-corrected chi connectivity index (χ1v) is 9.77. The minimum atomic E-state index is -4.56. The maximum atomic E-state index is 13.6. The van der Waals surface area contributed by atoms with Crippen LogP contribution >= 0.6 is 0 Å². The largest absolute Gasteiger partial charge is 0.418 e. The Hall–Kier alpha value is -3.04. The van der Waals surface area contributed by atoms with E-state index in [0.29, 0.717) is 23.4 Å². The highest BCUT2D eigenvalue weighted by Crippen LogP contribution is 2.37. The van der Waals surface area contributed by atoms with Crippen molar-refractivity contribution in [3.8, 4) is 0 Å². The zero-order valence-corrected chi connectivity index (χ0v) is 17.0. The lowest BCUT2D eigenvalue weighted by molar-refractivity contribution is -0.138. The summed E-state index contributed by atoms with van der Waals surface area (Å²) in [6, 6.07) is 11.0. The van der Waals surface area contributed by atoms with Crippen molar-refractivity contribution in [1.29, 1.82) is 0 Å². The maximum Gasteiger partial charge on any atom is 0.418 e. The molecule has 0 saturated carbocycles. The van der Waals surface area contributed by atoms with E-state index in [2.05, 4.69) is 16.0 Å². The van der Waals surface area contributed by atoms with Gasteiger partial charge in [0.25, 0.3) is 5.91 Å². The number of rotatable bonds is 5. The molecule has 1 unspecified atom stereocenters. The summed E-state index contributed by atoms with van der Waals surface area (Å²) < 4.78 is 52.0. The number of para-hydroxylation sites is 1. The number of hydrogen-bond acceptors (Lipinski definition) is 5. The van der Waals surface area contributed by atoms with Gasteiger partial charge in [-0.2, -0.15) is 13.2 Å². The highest BCUT2D eigenvalue weighted by Gasteiger charge is 2.36. The molecule has 3 N–H and O–H groups in total. The first-order chi connectivity index (χ1) is 14.6. The Balaban J connectivity index is 1.52. The van der Waals surface area contributed by atoms with E-state index in [-0.39, 0.29) is 29.9 Å². The van der Waals surface area contributed by atoms with Crippen molar-refractivity contribution in [2.45, 2.75) is 31.9 Å². The number of alkyl halides is 3. The van der Waals surface area contributed by atoms with E-state index < -0.39 is 17.5 Å². The second-order valence-corrected chi connectivity index (χ2v) is 7.79. The Morgan fingerprint density at radius 1 is 1.23 bits per heavy atom. The Morgan fingerprint density at radius 2 is 2.00 bits per heavy atom. The molecule has 2 aromatic carbocycles. The summed E-state index contributed by atoms with van der Waals surface area (Å²) in [7, 11) is 0. The van der Waals surface area contributed by atoms with Crippen molar-refractivity contribution in [3.05, 3.63) is 59.8 Å². The number of anilines is 3. The third-order valence-corrected chi connectivity index (χ3v) is 5.01. The van der Waals surface area contributed by atoms with E-state index >= 15 is 0 Å². The van der Waals surface area contributed by atoms with Crippen LogP contribution in [0.5, 0.6) is 0 Å². The summed E-state index contributed by atoms with van der Waals surface area (Å²) in [5.41, 5.74) is 1.05. The van der Waals surface area contributed by atoms with Crippen molar-refractivity contribution in [2.75, 3.05) is 29.1 Å². The van der Waals surface area contributed by atoms with Crippen LogP contribution in [0.3, 0.4) is 0 Å². The van der Waals surface area contributed by atoms with E-state index in [1.807, 2.05) is 0 Å². The van der Waals surface area contributed by atoms with Crippen LogP contribution in [0.4, 0.5) is 30.2 Å². The number of amides is 1. The number of fused-ring (bicyclic) bond motifs is 1. The predicted molar refractivity (Wildman–Crippen MR) is 112 cm³/mol. The first-order valence-electron chi connectivity index (χ1n) is 9.77. The quantitative estimate of drug-likeness (QED) is 0.598. The van der Waals surface area contributed by atoms with E-state index in [1.54, 1.807) is 38.1 Å². The third kappa shape index (κ3) is 4.67. The van der Waals surface area contributed by atoms with Gasteiger partial charge < -0.3 is 25.4 Å². The van der Waals surface area contributed by atoms with Gasteiger partial charge in [-0.25, -0.2) is 0 Å². The maximum absolute atomic E-state index is 13.6. The van der Waals surface area contributed by atoms with Gasteiger partial charge in [-0.05, 0) is 38.1 Å². The van der Waals surface area contributed by atoms with Gasteiger partial charge in [0.2, 0.25) is 0 Å². The Morgan fingerprint density at radius 3 is 2.71 bits per heavy atom. The SMILES string of the molecule is CC1(C)OCC(CNc2ccc(N/C=C3/C(=O)Nc4ccccc43)cc2C(F)(F)F)O1. The van der Waals surface area contributed by atoms with Gasteiger partial charge in [0.05, 0.1) is 17.7 Å². The Labute approximate surface area is 177 Å². The van der Waals surface area contributed by atoms with Crippen molar-refractivity contribution < 1.29 is 27.4 Å². The van der Waals surface area contributed by atoms with Crippen LogP contribution in [-0.2, 0) is 20.4 Å². The summed E-state index contributed by atoms with van der Waals surface area (Å²) in [5, 5.41) is 8.34. The number of carbonyl (C=O) groups is 1. The molecule has 0 aliphatic carbocycles. The molecule has 1 saturated heterocycles. The second-order valence-electron chi connectivity index (χ2n) is 7.79. The molecule has 31 heavy (non-hydrogen) atoms. The summed E-state index contributed by atoms with van der Waals surface area (Å²) in [5.74, 6) is -1.06. The van der Waals surface area contributed by atoms with Gasteiger partial charge in [0.1, 0.15) is 6.10 Å². The summed E-state index contributed by atoms with van der Waals surface area (Å²) in [4.78, 5) is 12.2. The molecule has 0 bridgehead atoms. The minimum Gasteiger partial charge on any atom is -0.382 e. The average Bonchev–Trinajstić information content (AvgIpc) is 3.22. The molecule has 164 valence electrons. The van der Waals surface area contributed by atoms with Crippen LogP contribution in [-0.4, -0.2) is 30.9 Å². The van der Waals surface area contributed by atoms with Crippen molar-refractivity contribution in [3.63, 3.8) is 0 Å². The molecule has 9 heteroatoms. The standard InChI is InChI=1S/C22H22F3N3O3/c1-21(2)30-12-14(31-21)10-27-19-8-7-13(9-17(19)22(23,24)25)26-11-16-15-5-3-4-6-18(15)28-20(16)29/h3-9,11,14,26-27H,10,12H2,1-2H3,(H,28,29)/b16-11+. The van der Waals surface area contributed by atoms with Crippen LogP contribution < -0.4 is 16.0 Å². The van der Waals surface area contributed by atoms with Crippen molar-refractivity contribution in [2.24, 2.45) is 0 Å². The normalized spacial score (nSPS) is 21.1. The van der Waals surface area contributed by atoms with Crippen LogP contribution in [0.2, 0.25) is 0 Å². The number of carbonyl (C=O) groups excluding carboxylic acids is 1. The van der Waals surface area contributed by atoms with Gasteiger partial charge in [0.15, 0.2) is 5.79 Å². The number of nitrogens with one attached hydrogen (secondary N) is 3. The van der Waals surface area contributed by atoms with Gasteiger partial charge >= 0.3 is 6.18 Å². The fourth-order valence-corrected chi connectivity index (χ4v) is 3.55. The fourth-order valence-electron chi connectivity index (χ4n) is 3.55. The van der Waals surface area contributed by atoms with Gasteiger partial charge in [-0.15, -0.1) is 0 Å². The van der Waals surface area contributed by atoms with E-state index in [4.69, 9.17) is 9.47 Å². The number of hydrogen-bond donors (Lipinski definition) is 3. The minimum absolute atomic E-state index is 0.0528. The first kappa shape index (κ1) is 21.2. The van der Waals surface area contributed by atoms with E-state index in [1.165, 1.54) is 18.3 Å². The number of benzene rings is 2. The monoisotopic (exact) mass is 433 g/mol.